The van der Waals surface area contributed by atoms with Crippen LogP contribution in [0.4, 0.5) is 23.0 Å². The van der Waals surface area contributed by atoms with Gasteiger partial charge in [0.1, 0.15) is 5.82 Å². The van der Waals surface area contributed by atoms with E-state index in [4.69, 9.17) is 22.9 Å². The first-order valence-corrected chi connectivity index (χ1v) is 3.10. The molecule has 0 amide bonds. The predicted molar refractivity (Wildman–Crippen MR) is 46.6 cm³/mol. The van der Waals surface area contributed by atoms with Crippen molar-refractivity contribution in [3.05, 3.63) is 5.56 Å². The first-order chi connectivity index (χ1) is 5.04. The molecule has 5 heteroatoms. The maximum absolute atomic E-state index is 5.56. The van der Waals surface area contributed by atoms with Crippen molar-refractivity contribution in [2.24, 2.45) is 0 Å². The smallest absolute Gasteiger partial charge is 0.151 e. The summed E-state index contributed by atoms with van der Waals surface area (Å²) in [5, 5.41) is 0. The zero-order chi connectivity index (χ0) is 8.59. The Morgan fingerprint density at radius 1 is 0.909 bits per heavy atom. The fourth-order valence-corrected chi connectivity index (χ4v) is 0.752. The highest BCUT2D eigenvalue weighted by Gasteiger charge is 2.07. The van der Waals surface area contributed by atoms with Crippen molar-refractivity contribution in [1.82, 2.24) is 4.98 Å². The van der Waals surface area contributed by atoms with Crippen LogP contribution in [0.25, 0.3) is 0 Å². The quantitative estimate of drug-likeness (QED) is 0.409. The van der Waals surface area contributed by atoms with Gasteiger partial charge in [0.25, 0.3) is 0 Å². The molecule has 0 radical (unpaired) electrons. The zero-order valence-electron chi connectivity index (χ0n) is 6.26. The van der Waals surface area contributed by atoms with Crippen LogP contribution in [-0.2, 0) is 0 Å². The van der Waals surface area contributed by atoms with Crippen LogP contribution in [0.5, 0.6) is 0 Å². The summed E-state index contributed by atoms with van der Waals surface area (Å²) >= 11 is 0. The van der Waals surface area contributed by atoms with Crippen LogP contribution in [0.3, 0.4) is 0 Å². The Balaban J connectivity index is 3.46. The summed E-state index contributed by atoms with van der Waals surface area (Å²) in [5.74, 6) is 0.514. The Morgan fingerprint density at radius 2 is 1.45 bits per heavy atom. The molecular formula is C6H11N5. The first kappa shape index (κ1) is 7.46. The van der Waals surface area contributed by atoms with Crippen LogP contribution in [0.15, 0.2) is 0 Å². The van der Waals surface area contributed by atoms with E-state index in [2.05, 4.69) is 4.98 Å². The maximum atomic E-state index is 5.56. The summed E-state index contributed by atoms with van der Waals surface area (Å²) in [6.07, 6.45) is 0. The summed E-state index contributed by atoms with van der Waals surface area (Å²) in [5.41, 5.74) is 23.3. The molecule has 0 aliphatic rings. The first-order valence-electron chi connectivity index (χ1n) is 3.10. The second-order valence-electron chi connectivity index (χ2n) is 2.33. The molecule has 0 saturated heterocycles. The Morgan fingerprint density at radius 3 is 2.00 bits per heavy atom. The minimum absolute atomic E-state index is 0.186. The highest BCUT2D eigenvalue weighted by molar-refractivity contribution is 5.80. The van der Waals surface area contributed by atoms with Crippen molar-refractivity contribution in [2.45, 2.75) is 6.92 Å². The van der Waals surface area contributed by atoms with Gasteiger partial charge in [-0.05, 0) is 6.92 Å². The number of hydrogen-bond donors (Lipinski definition) is 4. The van der Waals surface area contributed by atoms with Gasteiger partial charge in [0.05, 0.1) is 11.4 Å². The maximum Gasteiger partial charge on any atom is 0.151 e. The van der Waals surface area contributed by atoms with Crippen LogP contribution < -0.4 is 22.9 Å². The van der Waals surface area contributed by atoms with Crippen LogP contribution in [0, 0.1) is 6.92 Å². The highest BCUT2D eigenvalue weighted by Crippen LogP contribution is 2.27. The zero-order valence-corrected chi connectivity index (χ0v) is 6.26. The molecule has 0 aliphatic heterocycles. The summed E-state index contributed by atoms with van der Waals surface area (Å²) in [4.78, 5) is 3.78. The van der Waals surface area contributed by atoms with Crippen LogP contribution in [0.1, 0.15) is 5.56 Å². The number of aromatic nitrogens is 1. The molecule has 1 aromatic heterocycles. The lowest BCUT2D eigenvalue weighted by molar-refractivity contribution is 1.29. The molecule has 0 fully saturated rings. The second kappa shape index (κ2) is 2.19. The van der Waals surface area contributed by atoms with Crippen molar-refractivity contribution in [2.75, 3.05) is 22.9 Å². The van der Waals surface area contributed by atoms with E-state index in [9.17, 15) is 0 Å². The standard InChI is InChI=1S/C6H11N5/c1-2-3(7)4(8)6(10)11-5(2)9/h8H2,1H3,(H6,7,9,10,11). The summed E-state index contributed by atoms with van der Waals surface area (Å²) in [6, 6.07) is 0. The van der Waals surface area contributed by atoms with Gasteiger partial charge in [0.2, 0.25) is 0 Å². The SMILES string of the molecule is Cc1c(N)nc(N)c(N)c1N. The van der Waals surface area contributed by atoms with E-state index >= 15 is 0 Å². The lowest BCUT2D eigenvalue weighted by Crippen LogP contribution is -2.07. The third-order valence-corrected chi connectivity index (χ3v) is 1.60. The minimum atomic E-state index is 0.186. The molecule has 8 N–H and O–H groups in total. The van der Waals surface area contributed by atoms with Crippen LogP contribution in [-0.4, -0.2) is 4.98 Å². The van der Waals surface area contributed by atoms with Crippen molar-refractivity contribution in [3.8, 4) is 0 Å². The number of pyridine rings is 1. The Bertz CT molecular complexity index is 267. The largest absolute Gasteiger partial charge is 0.397 e. The Hall–Kier alpha value is -1.65. The third kappa shape index (κ3) is 1.000. The molecule has 1 aromatic rings. The number of rotatable bonds is 0. The number of anilines is 4. The molecule has 60 valence electrons. The molecule has 0 aliphatic carbocycles. The molecule has 11 heavy (non-hydrogen) atoms. The normalized spacial score (nSPS) is 9.91. The lowest BCUT2D eigenvalue weighted by atomic mass is 10.2. The molecule has 5 nitrogen and oxygen atoms in total. The Kier molecular flexibility index (Phi) is 1.48. The van der Waals surface area contributed by atoms with Gasteiger partial charge >= 0.3 is 0 Å². The van der Waals surface area contributed by atoms with E-state index in [1.807, 2.05) is 0 Å². The van der Waals surface area contributed by atoms with Gasteiger partial charge in [-0.25, -0.2) is 4.98 Å². The third-order valence-electron chi connectivity index (χ3n) is 1.60. The fourth-order valence-electron chi connectivity index (χ4n) is 0.752. The molecule has 0 unspecified atom stereocenters. The molecule has 0 bridgehead atoms. The minimum Gasteiger partial charge on any atom is -0.397 e. The topological polar surface area (TPSA) is 117 Å². The highest BCUT2D eigenvalue weighted by atomic mass is 15.0. The van der Waals surface area contributed by atoms with Crippen molar-refractivity contribution in [1.29, 1.82) is 0 Å². The molecule has 1 rings (SSSR count). The van der Waals surface area contributed by atoms with Gasteiger partial charge in [-0.15, -0.1) is 0 Å². The van der Waals surface area contributed by atoms with Crippen molar-refractivity contribution < 1.29 is 0 Å². The average Bonchev–Trinajstić information content (AvgIpc) is 1.97. The van der Waals surface area contributed by atoms with Gasteiger partial charge < -0.3 is 22.9 Å². The van der Waals surface area contributed by atoms with E-state index in [-0.39, 0.29) is 5.82 Å². The van der Waals surface area contributed by atoms with Gasteiger partial charge in [-0.3, -0.25) is 0 Å². The number of nitrogens with zero attached hydrogens (tertiary/aromatic N) is 1. The van der Waals surface area contributed by atoms with Crippen LogP contribution in [0.2, 0.25) is 0 Å². The van der Waals surface area contributed by atoms with Gasteiger partial charge in [-0.1, -0.05) is 0 Å². The second-order valence-corrected chi connectivity index (χ2v) is 2.33. The summed E-state index contributed by atoms with van der Waals surface area (Å²) in [6.45, 7) is 1.74. The molecule has 1 heterocycles. The van der Waals surface area contributed by atoms with E-state index in [0.717, 1.165) is 0 Å². The average molecular weight is 153 g/mol. The van der Waals surface area contributed by atoms with Crippen LogP contribution >= 0.6 is 0 Å². The van der Waals surface area contributed by atoms with E-state index in [1.54, 1.807) is 6.92 Å². The van der Waals surface area contributed by atoms with E-state index < -0.39 is 0 Å². The molecular weight excluding hydrogens is 142 g/mol. The molecule has 0 spiro atoms. The monoisotopic (exact) mass is 153 g/mol. The van der Waals surface area contributed by atoms with Crippen molar-refractivity contribution in [3.63, 3.8) is 0 Å². The van der Waals surface area contributed by atoms with Gasteiger partial charge in [0, 0.05) is 5.56 Å². The number of nitrogens with two attached hydrogens (primary N) is 4. The molecule has 0 aromatic carbocycles. The van der Waals surface area contributed by atoms with E-state index in [1.165, 1.54) is 0 Å². The summed E-state index contributed by atoms with van der Waals surface area (Å²) in [7, 11) is 0. The number of nitrogen functional groups attached to an aromatic ring is 4. The van der Waals surface area contributed by atoms with Gasteiger partial charge in [-0.2, -0.15) is 0 Å². The molecule has 0 saturated carbocycles. The Labute approximate surface area is 64.4 Å². The van der Waals surface area contributed by atoms with Crippen molar-refractivity contribution >= 4 is 23.0 Å². The summed E-state index contributed by atoms with van der Waals surface area (Å²) < 4.78 is 0. The lowest BCUT2D eigenvalue weighted by Gasteiger charge is -2.08. The fraction of sp³-hybridized carbons (Fsp3) is 0.167. The number of hydrogen-bond acceptors (Lipinski definition) is 5. The van der Waals surface area contributed by atoms with E-state index in [0.29, 0.717) is 22.8 Å². The predicted octanol–water partition coefficient (Wildman–Crippen LogP) is -0.281. The van der Waals surface area contributed by atoms with Gasteiger partial charge in [0.15, 0.2) is 5.82 Å². The molecule has 0 atom stereocenters.